The zero-order chi connectivity index (χ0) is 14.7. The first-order valence-electron chi connectivity index (χ1n) is 6.70. The van der Waals surface area contributed by atoms with Crippen LogP contribution in [0.3, 0.4) is 0 Å². The van der Waals surface area contributed by atoms with Gasteiger partial charge in [-0.2, -0.15) is 10.2 Å². The van der Waals surface area contributed by atoms with Crippen molar-refractivity contribution in [2.24, 2.45) is 7.05 Å². The maximum atomic E-state index is 12.9. The number of hydrogen-bond donors (Lipinski definition) is 2. The summed E-state index contributed by atoms with van der Waals surface area (Å²) in [5, 5.41) is 14.8. The molecule has 6 heteroatoms. The Morgan fingerprint density at radius 2 is 2.00 bits per heavy atom. The summed E-state index contributed by atoms with van der Waals surface area (Å²) in [4.78, 5) is 0. The van der Waals surface area contributed by atoms with Crippen LogP contribution in [-0.4, -0.2) is 20.0 Å². The molecule has 0 atom stereocenters. The lowest BCUT2D eigenvalue weighted by Crippen LogP contribution is -2.13. The van der Waals surface area contributed by atoms with E-state index in [0.29, 0.717) is 13.1 Å². The molecule has 0 fully saturated rings. The molecule has 0 radical (unpaired) electrons. The van der Waals surface area contributed by atoms with Crippen LogP contribution < -0.4 is 5.32 Å². The molecule has 0 saturated heterocycles. The first-order valence-corrected chi connectivity index (χ1v) is 6.70. The summed E-state index contributed by atoms with van der Waals surface area (Å²) in [7, 11) is 1.90. The summed E-state index contributed by atoms with van der Waals surface area (Å²) in [6.45, 7) is 1.37. The van der Waals surface area contributed by atoms with Crippen LogP contribution in [0.25, 0.3) is 11.3 Å². The predicted octanol–water partition coefficient (Wildman–Crippen LogP) is 2.24. The molecule has 2 heterocycles. The fraction of sp³-hybridized carbons (Fsp3) is 0.200. The molecule has 108 valence electrons. The first kappa shape index (κ1) is 13.5. The number of benzene rings is 1. The Morgan fingerprint density at radius 1 is 1.19 bits per heavy atom. The van der Waals surface area contributed by atoms with Crippen LogP contribution in [0, 0.1) is 5.82 Å². The summed E-state index contributed by atoms with van der Waals surface area (Å²) in [5.41, 5.74) is 3.68. The third-order valence-electron chi connectivity index (χ3n) is 3.16. The first-order chi connectivity index (χ1) is 10.2. The average molecular weight is 285 g/mol. The number of hydrogen-bond acceptors (Lipinski definition) is 3. The molecule has 2 aromatic heterocycles. The normalized spacial score (nSPS) is 11.0. The minimum atomic E-state index is -0.244. The zero-order valence-electron chi connectivity index (χ0n) is 11.7. The predicted molar refractivity (Wildman–Crippen MR) is 77.7 cm³/mol. The van der Waals surface area contributed by atoms with E-state index < -0.39 is 0 Å². The molecule has 0 aliphatic heterocycles. The number of aromatic amines is 1. The number of nitrogens with one attached hydrogen (secondary N) is 2. The van der Waals surface area contributed by atoms with E-state index in [-0.39, 0.29) is 5.82 Å². The molecule has 21 heavy (non-hydrogen) atoms. The van der Waals surface area contributed by atoms with Gasteiger partial charge in [-0.25, -0.2) is 4.39 Å². The molecule has 0 saturated carbocycles. The van der Waals surface area contributed by atoms with E-state index in [9.17, 15) is 4.39 Å². The van der Waals surface area contributed by atoms with Crippen molar-refractivity contribution in [1.82, 2.24) is 25.3 Å². The molecular formula is C15H16FN5. The second kappa shape index (κ2) is 5.88. The van der Waals surface area contributed by atoms with E-state index in [0.717, 1.165) is 22.6 Å². The van der Waals surface area contributed by atoms with E-state index in [4.69, 9.17) is 0 Å². The Hall–Kier alpha value is -2.47. The standard InChI is InChI=1S/C15H16FN5/c1-21-7-6-13(20-21)9-17-10-14-8-15(19-18-14)11-2-4-12(16)5-3-11/h2-8,17H,9-10H2,1H3,(H,18,19). The third kappa shape index (κ3) is 3.35. The van der Waals surface area contributed by atoms with Crippen LogP contribution in [-0.2, 0) is 20.1 Å². The lowest BCUT2D eigenvalue weighted by atomic mass is 10.1. The van der Waals surface area contributed by atoms with Gasteiger partial charge in [0, 0.05) is 37.6 Å². The van der Waals surface area contributed by atoms with Crippen LogP contribution >= 0.6 is 0 Å². The van der Waals surface area contributed by atoms with Gasteiger partial charge in [-0.3, -0.25) is 9.78 Å². The van der Waals surface area contributed by atoms with Gasteiger partial charge in [-0.1, -0.05) is 0 Å². The Kier molecular flexibility index (Phi) is 3.79. The number of nitrogens with zero attached hydrogens (tertiary/aromatic N) is 3. The van der Waals surface area contributed by atoms with Crippen LogP contribution in [0.2, 0.25) is 0 Å². The summed E-state index contributed by atoms with van der Waals surface area (Å²) in [6, 6.07) is 10.2. The number of H-pyrrole nitrogens is 1. The SMILES string of the molecule is Cn1ccc(CNCc2cc(-c3ccc(F)cc3)n[nH]2)n1. The van der Waals surface area contributed by atoms with Crippen LogP contribution in [0.15, 0.2) is 42.6 Å². The Morgan fingerprint density at radius 3 is 2.71 bits per heavy atom. The molecule has 0 bridgehead atoms. The van der Waals surface area contributed by atoms with Crippen molar-refractivity contribution >= 4 is 0 Å². The van der Waals surface area contributed by atoms with Gasteiger partial charge in [0.2, 0.25) is 0 Å². The van der Waals surface area contributed by atoms with Crippen molar-refractivity contribution in [3.63, 3.8) is 0 Å². The molecule has 2 N–H and O–H groups in total. The lowest BCUT2D eigenvalue weighted by molar-refractivity contribution is 0.628. The van der Waals surface area contributed by atoms with Crippen molar-refractivity contribution in [3.8, 4) is 11.3 Å². The summed E-state index contributed by atoms with van der Waals surface area (Å²) >= 11 is 0. The van der Waals surface area contributed by atoms with Gasteiger partial charge in [-0.15, -0.1) is 0 Å². The van der Waals surface area contributed by atoms with Crippen molar-refractivity contribution in [2.75, 3.05) is 0 Å². The maximum Gasteiger partial charge on any atom is 0.123 e. The molecule has 0 unspecified atom stereocenters. The van der Waals surface area contributed by atoms with Crippen LogP contribution in [0.5, 0.6) is 0 Å². The van der Waals surface area contributed by atoms with E-state index in [1.54, 1.807) is 16.8 Å². The highest BCUT2D eigenvalue weighted by molar-refractivity contribution is 5.58. The topological polar surface area (TPSA) is 58.5 Å². The Balaban J connectivity index is 1.59. The third-order valence-corrected chi connectivity index (χ3v) is 3.16. The highest BCUT2D eigenvalue weighted by Gasteiger charge is 2.04. The lowest BCUT2D eigenvalue weighted by Gasteiger charge is -1.99. The van der Waals surface area contributed by atoms with Crippen molar-refractivity contribution in [3.05, 3.63) is 59.8 Å². The summed E-state index contributed by atoms with van der Waals surface area (Å²) in [5.74, 6) is -0.244. The highest BCUT2D eigenvalue weighted by Crippen LogP contribution is 2.17. The largest absolute Gasteiger partial charge is 0.305 e. The van der Waals surface area contributed by atoms with Crippen LogP contribution in [0.1, 0.15) is 11.4 Å². The fourth-order valence-corrected chi connectivity index (χ4v) is 2.10. The van der Waals surface area contributed by atoms with Crippen LogP contribution in [0.4, 0.5) is 4.39 Å². The average Bonchev–Trinajstić information content (AvgIpc) is 3.09. The molecule has 1 aromatic carbocycles. The smallest absolute Gasteiger partial charge is 0.123 e. The number of aryl methyl sites for hydroxylation is 1. The molecule has 3 rings (SSSR count). The number of rotatable bonds is 5. The molecule has 3 aromatic rings. The minimum Gasteiger partial charge on any atom is -0.305 e. The van der Waals surface area contributed by atoms with Gasteiger partial charge in [0.15, 0.2) is 0 Å². The molecule has 0 aliphatic carbocycles. The zero-order valence-corrected chi connectivity index (χ0v) is 11.7. The number of aromatic nitrogens is 4. The minimum absolute atomic E-state index is 0.244. The number of halogens is 1. The Labute approximate surface area is 121 Å². The van der Waals surface area contributed by atoms with Gasteiger partial charge in [0.25, 0.3) is 0 Å². The van der Waals surface area contributed by atoms with Crippen molar-refractivity contribution in [2.45, 2.75) is 13.1 Å². The van der Waals surface area contributed by atoms with Gasteiger partial charge >= 0.3 is 0 Å². The second-order valence-electron chi connectivity index (χ2n) is 4.87. The van der Waals surface area contributed by atoms with Gasteiger partial charge in [0.1, 0.15) is 5.82 Å². The fourth-order valence-electron chi connectivity index (χ4n) is 2.10. The van der Waals surface area contributed by atoms with E-state index >= 15 is 0 Å². The summed E-state index contributed by atoms with van der Waals surface area (Å²) < 4.78 is 14.7. The Bertz CT molecular complexity index is 714. The monoisotopic (exact) mass is 285 g/mol. The highest BCUT2D eigenvalue weighted by atomic mass is 19.1. The summed E-state index contributed by atoms with van der Waals surface area (Å²) in [6.07, 6.45) is 1.92. The van der Waals surface area contributed by atoms with Crippen molar-refractivity contribution < 1.29 is 4.39 Å². The molecular weight excluding hydrogens is 269 g/mol. The second-order valence-corrected chi connectivity index (χ2v) is 4.87. The maximum absolute atomic E-state index is 12.9. The van der Waals surface area contributed by atoms with E-state index in [1.807, 2.05) is 25.4 Å². The van der Waals surface area contributed by atoms with Gasteiger partial charge in [0.05, 0.1) is 11.4 Å². The van der Waals surface area contributed by atoms with Gasteiger partial charge in [-0.05, 0) is 36.4 Å². The quantitative estimate of drug-likeness (QED) is 0.756. The molecule has 0 spiro atoms. The van der Waals surface area contributed by atoms with Crippen molar-refractivity contribution in [1.29, 1.82) is 0 Å². The molecule has 0 amide bonds. The van der Waals surface area contributed by atoms with E-state index in [1.165, 1.54) is 12.1 Å². The molecule has 0 aliphatic rings. The molecule has 5 nitrogen and oxygen atoms in total. The van der Waals surface area contributed by atoms with Gasteiger partial charge < -0.3 is 5.32 Å². The van der Waals surface area contributed by atoms with E-state index in [2.05, 4.69) is 20.6 Å².